The Hall–Kier alpha value is -2.44. The van der Waals surface area contributed by atoms with Gasteiger partial charge in [0.15, 0.2) is 0 Å². The number of benzene rings is 2. The van der Waals surface area contributed by atoms with Gasteiger partial charge in [-0.15, -0.1) is 0 Å². The molecule has 0 saturated heterocycles. The fraction of sp³-hybridized carbons (Fsp3) is 0.200. The van der Waals surface area contributed by atoms with E-state index in [9.17, 15) is 9.00 Å². The Bertz CT molecular complexity index is 957. The number of hydrogen-bond donors (Lipinski definition) is 1. The van der Waals surface area contributed by atoms with Crippen LogP contribution in [0.25, 0.3) is 11.5 Å². The van der Waals surface area contributed by atoms with Crippen LogP contribution in [-0.4, -0.2) is 20.9 Å². The molecule has 3 rings (SSSR count). The van der Waals surface area contributed by atoms with E-state index < -0.39 is 10.8 Å². The maximum Gasteiger partial charge on any atom is 0.232 e. The van der Waals surface area contributed by atoms with E-state index in [1.165, 1.54) is 0 Å². The van der Waals surface area contributed by atoms with Crippen molar-refractivity contribution in [2.24, 2.45) is 0 Å². The number of amides is 1. The Balaban J connectivity index is 1.55. The van der Waals surface area contributed by atoms with Gasteiger partial charge in [-0.1, -0.05) is 48.0 Å². The summed E-state index contributed by atoms with van der Waals surface area (Å²) in [5.41, 5.74) is 2.28. The highest BCUT2D eigenvalue weighted by molar-refractivity contribution is 7.84. The lowest BCUT2D eigenvalue weighted by molar-refractivity contribution is -0.118. The van der Waals surface area contributed by atoms with Crippen LogP contribution in [0, 0.1) is 6.92 Å². The molecular weight excluding hydrogens is 384 g/mol. The average molecular weight is 403 g/mol. The SMILES string of the molecule is Cc1oc(-c2ccccc2)nc1C[S@](=O)CC(=O)NCc1ccccc1Cl. The first-order valence-corrected chi connectivity index (χ1v) is 10.3. The number of rotatable bonds is 7. The zero-order valence-electron chi connectivity index (χ0n) is 14.8. The minimum absolute atomic E-state index is 0.0998. The van der Waals surface area contributed by atoms with E-state index >= 15 is 0 Å². The molecule has 27 heavy (non-hydrogen) atoms. The maximum absolute atomic E-state index is 12.3. The molecular formula is C20H19ClN2O3S. The lowest BCUT2D eigenvalue weighted by atomic mass is 10.2. The van der Waals surface area contributed by atoms with Crippen molar-refractivity contribution in [2.75, 3.05) is 5.75 Å². The van der Waals surface area contributed by atoms with Crippen molar-refractivity contribution in [2.45, 2.75) is 19.2 Å². The fourth-order valence-corrected chi connectivity index (χ4v) is 3.77. The smallest absolute Gasteiger partial charge is 0.232 e. The van der Waals surface area contributed by atoms with E-state index in [2.05, 4.69) is 10.3 Å². The zero-order chi connectivity index (χ0) is 19.2. The highest BCUT2D eigenvalue weighted by Crippen LogP contribution is 2.22. The molecule has 140 valence electrons. The van der Waals surface area contributed by atoms with Crippen molar-refractivity contribution in [3.05, 3.63) is 76.6 Å². The van der Waals surface area contributed by atoms with Crippen LogP contribution in [-0.2, 0) is 27.9 Å². The number of nitrogens with one attached hydrogen (secondary N) is 1. The van der Waals surface area contributed by atoms with Crippen molar-refractivity contribution < 1.29 is 13.4 Å². The van der Waals surface area contributed by atoms with Crippen LogP contribution in [0.15, 0.2) is 59.0 Å². The molecule has 0 radical (unpaired) electrons. The van der Waals surface area contributed by atoms with Crippen LogP contribution in [0.1, 0.15) is 17.0 Å². The van der Waals surface area contributed by atoms with Gasteiger partial charge in [-0.25, -0.2) is 4.98 Å². The van der Waals surface area contributed by atoms with E-state index in [0.717, 1.165) is 11.1 Å². The first kappa shape index (κ1) is 19.3. The quantitative estimate of drug-likeness (QED) is 0.651. The Morgan fingerprint density at radius 2 is 1.85 bits per heavy atom. The molecule has 0 bridgehead atoms. The minimum Gasteiger partial charge on any atom is -0.441 e. The third-order valence-corrected chi connectivity index (χ3v) is 5.49. The van der Waals surface area contributed by atoms with Gasteiger partial charge in [0.05, 0.1) is 11.4 Å². The van der Waals surface area contributed by atoms with Gasteiger partial charge >= 0.3 is 0 Å². The Labute approximate surface area is 165 Å². The first-order chi connectivity index (χ1) is 13.0. The molecule has 0 unspecified atom stereocenters. The predicted molar refractivity (Wildman–Crippen MR) is 107 cm³/mol. The second-order valence-electron chi connectivity index (χ2n) is 5.98. The molecule has 1 atom stereocenters. The Morgan fingerprint density at radius 3 is 2.59 bits per heavy atom. The van der Waals surface area contributed by atoms with Gasteiger partial charge in [-0.2, -0.15) is 0 Å². The third kappa shape index (κ3) is 5.28. The maximum atomic E-state index is 12.3. The van der Waals surface area contributed by atoms with Crippen molar-refractivity contribution >= 4 is 28.3 Å². The molecule has 3 aromatic rings. The van der Waals surface area contributed by atoms with Crippen LogP contribution >= 0.6 is 11.6 Å². The Morgan fingerprint density at radius 1 is 1.15 bits per heavy atom. The van der Waals surface area contributed by atoms with Gasteiger partial charge in [0.1, 0.15) is 11.5 Å². The van der Waals surface area contributed by atoms with Crippen LogP contribution in [0.2, 0.25) is 5.02 Å². The summed E-state index contributed by atoms with van der Waals surface area (Å²) in [7, 11) is -1.39. The van der Waals surface area contributed by atoms with Crippen molar-refractivity contribution in [3.8, 4) is 11.5 Å². The molecule has 0 fully saturated rings. The van der Waals surface area contributed by atoms with Gasteiger partial charge in [0.25, 0.3) is 0 Å². The molecule has 7 heteroatoms. The van der Waals surface area contributed by atoms with Crippen LogP contribution in [0.3, 0.4) is 0 Å². The summed E-state index contributed by atoms with van der Waals surface area (Å²) in [6, 6.07) is 16.8. The topological polar surface area (TPSA) is 72.2 Å². The van der Waals surface area contributed by atoms with Gasteiger partial charge < -0.3 is 9.73 Å². The normalized spacial score (nSPS) is 11.9. The van der Waals surface area contributed by atoms with Gasteiger partial charge in [-0.3, -0.25) is 9.00 Å². The van der Waals surface area contributed by atoms with Crippen molar-refractivity contribution in [3.63, 3.8) is 0 Å². The summed E-state index contributed by atoms with van der Waals surface area (Å²) in [6.07, 6.45) is 0. The summed E-state index contributed by atoms with van der Waals surface area (Å²) < 4.78 is 18.0. The highest BCUT2D eigenvalue weighted by atomic mass is 35.5. The van der Waals surface area contributed by atoms with E-state index in [4.69, 9.17) is 16.0 Å². The summed E-state index contributed by atoms with van der Waals surface area (Å²) >= 11 is 6.06. The third-order valence-electron chi connectivity index (χ3n) is 3.94. The van der Waals surface area contributed by atoms with Crippen molar-refractivity contribution in [1.29, 1.82) is 0 Å². The molecule has 1 aromatic heterocycles. The molecule has 1 amide bonds. The van der Waals surface area contributed by atoms with Crippen LogP contribution in [0.5, 0.6) is 0 Å². The number of carbonyl (C=O) groups is 1. The molecule has 5 nitrogen and oxygen atoms in total. The lowest BCUT2D eigenvalue weighted by Crippen LogP contribution is -2.28. The lowest BCUT2D eigenvalue weighted by Gasteiger charge is -2.06. The number of carbonyl (C=O) groups excluding carboxylic acids is 1. The van der Waals surface area contributed by atoms with E-state index in [1.807, 2.05) is 48.5 Å². The molecule has 2 aromatic carbocycles. The number of aryl methyl sites for hydroxylation is 1. The highest BCUT2D eigenvalue weighted by Gasteiger charge is 2.16. The molecule has 1 heterocycles. The van der Waals surface area contributed by atoms with Gasteiger partial charge in [0.2, 0.25) is 11.8 Å². The van der Waals surface area contributed by atoms with E-state index in [1.54, 1.807) is 13.0 Å². The molecule has 1 N–H and O–H groups in total. The standard InChI is InChI=1S/C20H19ClN2O3S/c1-14-18(23-20(26-14)15-7-3-2-4-8-15)12-27(25)13-19(24)22-11-16-9-5-6-10-17(16)21/h2-10H,11-13H2,1H3,(H,22,24)/t27-/m0/s1. The molecule has 0 aliphatic carbocycles. The average Bonchev–Trinajstić information content (AvgIpc) is 3.02. The summed E-state index contributed by atoms with van der Waals surface area (Å²) in [6.45, 7) is 2.08. The van der Waals surface area contributed by atoms with E-state index in [-0.39, 0.29) is 17.4 Å². The van der Waals surface area contributed by atoms with E-state index in [0.29, 0.717) is 28.9 Å². The first-order valence-electron chi connectivity index (χ1n) is 8.39. The van der Waals surface area contributed by atoms with Gasteiger partial charge in [-0.05, 0) is 30.7 Å². The largest absolute Gasteiger partial charge is 0.441 e. The van der Waals surface area contributed by atoms with Crippen molar-refractivity contribution in [1.82, 2.24) is 10.3 Å². The van der Waals surface area contributed by atoms with Crippen LogP contribution in [0.4, 0.5) is 0 Å². The number of oxazole rings is 1. The number of hydrogen-bond acceptors (Lipinski definition) is 4. The Kier molecular flexibility index (Phi) is 6.42. The number of halogens is 1. The summed E-state index contributed by atoms with van der Waals surface area (Å²) in [5, 5.41) is 3.33. The fourth-order valence-electron chi connectivity index (χ4n) is 2.50. The minimum atomic E-state index is -1.39. The second-order valence-corrected chi connectivity index (χ2v) is 7.85. The molecule has 0 aliphatic rings. The number of aromatic nitrogens is 1. The monoisotopic (exact) mass is 402 g/mol. The summed E-state index contributed by atoms with van der Waals surface area (Å²) in [4.78, 5) is 16.5. The number of nitrogens with zero attached hydrogens (tertiary/aromatic N) is 1. The molecule has 0 spiro atoms. The summed E-state index contributed by atoms with van der Waals surface area (Å²) in [5.74, 6) is 0.874. The molecule has 0 saturated carbocycles. The zero-order valence-corrected chi connectivity index (χ0v) is 16.3. The second kappa shape index (κ2) is 8.97. The van der Waals surface area contributed by atoms with Crippen LogP contribution < -0.4 is 5.32 Å². The van der Waals surface area contributed by atoms with Gasteiger partial charge in [0, 0.05) is 27.9 Å². The predicted octanol–water partition coefficient (Wildman–Crippen LogP) is 3.87. The molecule has 0 aliphatic heterocycles.